The van der Waals surface area contributed by atoms with Crippen LogP contribution in [0.4, 0.5) is 11.4 Å². The van der Waals surface area contributed by atoms with Crippen molar-refractivity contribution >= 4 is 45.9 Å². The summed E-state index contributed by atoms with van der Waals surface area (Å²) < 4.78 is 9.13. The van der Waals surface area contributed by atoms with E-state index in [1.54, 1.807) is 6.07 Å². The van der Waals surface area contributed by atoms with Crippen molar-refractivity contribution < 1.29 is 0 Å². The van der Waals surface area contributed by atoms with Crippen LogP contribution in [0.25, 0.3) is 5.69 Å². The van der Waals surface area contributed by atoms with Crippen LogP contribution < -0.4 is 11.2 Å². The Morgan fingerprint density at radius 2 is 1.95 bits per heavy atom. The number of hydrogen-bond acceptors (Lipinski definition) is 5. The van der Waals surface area contributed by atoms with Crippen LogP contribution >= 0.6 is 23.2 Å². The zero-order valence-corrected chi connectivity index (χ0v) is 12.3. The van der Waals surface area contributed by atoms with Gasteiger partial charge in [0.2, 0.25) is 0 Å². The lowest BCUT2D eigenvalue weighted by Gasteiger charge is -2.11. The minimum Gasteiger partial charge on any atom is -0.273 e. The second-order valence-electron chi connectivity index (χ2n) is 3.93. The summed E-state index contributed by atoms with van der Waals surface area (Å²) in [6.45, 7) is 0. The van der Waals surface area contributed by atoms with Crippen LogP contribution in [-0.4, -0.2) is 9.55 Å². The quantitative estimate of drug-likeness (QED) is 0.736. The Morgan fingerprint density at radius 1 is 1.24 bits per heavy atom. The standard InChI is InChI=1S/C11H3Cl2N5O2S/c12-5-1-6(13)9(8-7(5)16-21-17-8)18-3-4(2-14)10(19)15-11(18)20/h1,3H,(H,15,19,20). The number of aromatic amines is 1. The summed E-state index contributed by atoms with van der Waals surface area (Å²) in [5, 5.41) is 9.35. The Kier molecular flexibility index (Phi) is 3.25. The van der Waals surface area contributed by atoms with Crippen molar-refractivity contribution in [3.05, 3.63) is 48.7 Å². The van der Waals surface area contributed by atoms with E-state index in [2.05, 4.69) is 8.73 Å². The number of benzene rings is 1. The van der Waals surface area contributed by atoms with Gasteiger partial charge in [0, 0.05) is 6.20 Å². The number of nitriles is 1. The Hall–Kier alpha value is -2.21. The van der Waals surface area contributed by atoms with E-state index in [1.807, 2.05) is 4.98 Å². The van der Waals surface area contributed by atoms with E-state index in [0.717, 1.165) is 22.1 Å². The molecule has 7 nitrogen and oxygen atoms in total. The van der Waals surface area contributed by atoms with Crippen molar-refractivity contribution in [2.45, 2.75) is 0 Å². The molecule has 10 heteroatoms. The van der Waals surface area contributed by atoms with Crippen LogP contribution in [-0.2, 0) is 11.4 Å². The van der Waals surface area contributed by atoms with Gasteiger partial charge < -0.3 is 0 Å². The van der Waals surface area contributed by atoms with Gasteiger partial charge in [0.15, 0.2) is 0 Å². The van der Waals surface area contributed by atoms with Crippen molar-refractivity contribution in [2.75, 3.05) is 0 Å². The molecule has 0 spiro atoms. The maximum atomic E-state index is 12.0. The highest BCUT2D eigenvalue weighted by atomic mass is 35.5. The fraction of sp³-hybridized carbons (Fsp3) is 0. The van der Waals surface area contributed by atoms with Gasteiger partial charge in [-0.05, 0) is 6.07 Å². The average Bonchev–Trinajstić information content (AvgIpc) is 2.90. The Labute approximate surface area is 130 Å². The topological polar surface area (TPSA) is 103 Å². The molecule has 104 valence electrons. The average molecular weight is 340 g/mol. The number of hydrogen-bond donors (Lipinski definition) is 1. The third-order valence-electron chi connectivity index (χ3n) is 2.72. The number of aromatic nitrogens is 2. The number of H-pyrrole nitrogens is 1. The molecule has 0 fully saturated rings. The molecule has 0 amide bonds. The lowest BCUT2D eigenvalue weighted by atomic mass is 10.2. The van der Waals surface area contributed by atoms with Crippen LogP contribution in [0.15, 0.2) is 30.6 Å². The molecule has 2 heterocycles. The predicted octanol–water partition coefficient (Wildman–Crippen LogP) is 2.43. The Morgan fingerprint density at radius 3 is 2.67 bits per heavy atom. The number of rotatable bonds is 1. The van der Waals surface area contributed by atoms with E-state index in [4.69, 9.17) is 28.5 Å². The molecule has 1 aromatic heterocycles. The molecule has 0 aliphatic carbocycles. The fourth-order valence-electron chi connectivity index (χ4n) is 1.81. The molecule has 0 unspecified atom stereocenters. The molecular weight excluding hydrogens is 337 g/mol. The Bertz CT molecular complexity index is 1010. The summed E-state index contributed by atoms with van der Waals surface area (Å²) in [7, 11) is 0. The first-order chi connectivity index (χ1) is 10.0. The summed E-state index contributed by atoms with van der Waals surface area (Å²) in [4.78, 5) is 25.5. The molecule has 21 heavy (non-hydrogen) atoms. The molecule has 2 aromatic rings. The van der Waals surface area contributed by atoms with Gasteiger partial charge in [-0.25, -0.2) is 4.79 Å². The van der Waals surface area contributed by atoms with Crippen molar-refractivity contribution in [1.29, 1.82) is 5.26 Å². The smallest absolute Gasteiger partial charge is 0.273 e. The van der Waals surface area contributed by atoms with Crippen LogP contribution in [0.2, 0.25) is 10.0 Å². The normalized spacial score (nSPS) is 11.9. The number of nitrogens with one attached hydrogen (secondary N) is 1. The molecule has 0 atom stereocenters. The van der Waals surface area contributed by atoms with Gasteiger partial charge in [0.1, 0.15) is 23.0 Å². The van der Waals surface area contributed by atoms with E-state index >= 15 is 0 Å². The second kappa shape index (κ2) is 4.96. The number of halogens is 2. The van der Waals surface area contributed by atoms with Gasteiger partial charge in [-0.2, -0.15) is 14.0 Å². The molecule has 0 radical (unpaired) electrons. The van der Waals surface area contributed by atoms with E-state index in [-0.39, 0.29) is 16.3 Å². The maximum Gasteiger partial charge on any atom is 0.333 e. The minimum absolute atomic E-state index is 0.151. The SMILES string of the molecule is N#Cc1cn(-c2c(Cl)cc(Cl)c3c2N=S=N3)c(=O)[nH]c1=O. The van der Waals surface area contributed by atoms with Crippen LogP contribution in [0.5, 0.6) is 0 Å². The van der Waals surface area contributed by atoms with Gasteiger partial charge in [-0.1, -0.05) is 23.2 Å². The molecule has 1 aliphatic rings. The van der Waals surface area contributed by atoms with Crippen LogP contribution in [0.1, 0.15) is 5.56 Å². The maximum absolute atomic E-state index is 12.0. The Balaban J connectivity index is 2.42. The highest BCUT2D eigenvalue weighted by molar-refractivity contribution is 7.58. The minimum atomic E-state index is -0.767. The summed E-state index contributed by atoms with van der Waals surface area (Å²) in [5.74, 6) is 0. The number of nitrogens with zero attached hydrogens (tertiary/aromatic N) is 4. The molecular formula is C11H3Cl2N5O2S. The molecule has 1 N–H and O–H groups in total. The monoisotopic (exact) mass is 339 g/mol. The van der Waals surface area contributed by atoms with Crippen LogP contribution in [0.3, 0.4) is 0 Å². The van der Waals surface area contributed by atoms with Gasteiger partial charge in [-0.3, -0.25) is 14.3 Å². The first kappa shape index (κ1) is 13.8. The second-order valence-corrected chi connectivity index (χ2v) is 5.28. The largest absolute Gasteiger partial charge is 0.333 e. The fourth-order valence-corrected chi connectivity index (χ4v) is 3.01. The highest BCUT2D eigenvalue weighted by Crippen LogP contribution is 2.45. The van der Waals surface area contributed by atoms with Crippen molar-refractivity contribution in [3.8, 4) is 11.8 Å². The lowest BCUT2D eigenvalue weighted by Crippen LogP contribution is -2.30. The lowest BCUT2D eigenvalue weighted by molar-refractivity contribution is 0.890. The third kappa shape index (κ3) is 2.12. The van der Waals surface area contributed by atoms with Gasteiger partial charge in [-0.15, -0.1) is 0 Å². The van der Waals surface area contributed by atoms with Gasteiger partial charge in [0.25, 0.3) is 5.56 Å². The van der Waals surface area contributed by atoms with Crippen molar-refractivity contribution in [3.63, 3.8) is 0 Å². The molecule has 0 bridgehead atoms. The van der Waals surface area contributed by atoms with E-state index in [1.165, 1.54) is 6.07 Å². The molecule has 1 aliphatic heterocycles. The first-order valence-corrected chi connectivity index (χ1v) is 6.88. The van der Waals surface area contributed by atoms with E-state index < -0.39 is 11.2 Å². The molecule has 0 saturated carbocycles. The molecule has 1 aromatic carbocycles. The zero-order chi connectivity index (χ0) is 15.1. The summed E-state index contributed by atoms with van der Waals surface area (Å²) in [5.41, 5.74) is -0.818. The van der Waals surface area contributed by atoms with Gasteiger partial charge in [0.05, 0.1) is 27.1 Å². The van der Waals surface area contributed by atoms with E-state index in [9.17, 15) is 9.59 Å². The summed E-state index contributed by atoms with van der Waals surface area (Å²) >= 11 is 13.0. The number of fused-ring (bicyclic) bond motifs is 1. The summed E-state index contributed by atoms with van der Waals surface area (Å²) in [6, 6.07) is 3.12. The molecule has 0 saturated heterocycles. The van der Waals surface area contributed by atoms with E-state index in [0.29, 0.717) is 16.4 Å². The van der Waals surface area contributed by atoms with Crippen LogP contribution in [0, 0.1) is 11.3 Å². The molecule has 3 rings (SSSR count). The highest BCUT2D eigenvalue weighted by Gasteiger charge is 2.21. The van der Waals surface area contributed by atoms with Crippen molar-refractivity contribution in [1.82, 2.24) is 9.55 Å². The van der Waals surface area contributed by atoms with Crippen molar-refractivity contribution in [2.24, 2.45) is 8.73 Å². The van der Waals surface area contributed by atoms with Gasteiger partial charge >= 0.3 is 5.69 Å². The predicted molar refractivity (Wildman–Crippen MR) is 78.9 cm³/mol. The summed E-state index contributed by atoms with van der Waals surface area (Å²) in [6.07, 6.45) is 1.11. The first-order valence-electron chi connectivity index (χ1n) is 5.39. The zero-order valence-electron chi connectivity index (χ0n) is 9.92. The third-order valence-corrected chi connectivity index (χ3v) is 3.83.